The molecule has 0 radical (unpaired) electrons. The Morgan fingerprint density at radius 1 is 1.30 bits per heavy atom. The summed E-state index contributed by atoms with van der Waals surface area (Å²) < 4.78 is 6.05. The fourth-order valence-electron chi connectivity index (χ4n) is 4.21. The number of anilines is 1. The van der Waals surface area contributed by atoms with Crippen molar-refractivity contribution in [2.75, 3.05) is 32.1 Å². The number of carbonyl (C=O) groups is 2. The fraction of sp³-hybridized carbons (Fsp3) is 0.480. The maximum Gasteiger partial charge on any atom is 0.309 e. The molecule has 3 rings (SSSR count). The molecule has 1 saturated heterocycles. The molecule has 0 bridgehead atoms. The number of likely N-dealkylation sites (tertiary alicyclic amines) is 1. The number of carboxylic acid groups (broad SMARTS) is 1. The van der Waals surface area contributed by atoms with E-state index in [1.54, 1.807) is 33.2 Å². The summed E-state index contributed by atoms with van der Waals surface area (Å²) in [5.74, 6) is -0.148. The van der Waals surface area contributed by atoms with Crippen molar-refractivity contribution in [1.82, 2.24) is 9.88 Å². The quantitative estimate of drug-likeness (QED) is 0.469. The summed E-state index contributed by atoms with van der Waals surface area (Å²) in [5, 5.41) is 12.5. The predicted octanol–water partition coefficient (Wildman–Crippen LogP) is 4.67. The first kappa shape index (κ1) is 25.2. The van der Waals surface area contributed by atoms with Crippen molar-refractivity contribution in [1.29, 1.82) is 0 Å². The average molecular weight is 518 g/mol. The molecule has 2 aromatic rings. The van der Waals surface area contributed by atoms with Gasteiger partial charge in [-0.3, -0.25) is 9.59 Å². The summed E-state index contributed by atoms with van der Waals surface area (Å²) in [6.07, 6.45) is 2.09. The van der Waals surface area contributed by atoms with Crippen LogP contribution in [0.1, 0.15) is 51.2 Å². The van der Waals surface area contributed by atoms with Gasteiger partial charge in [0.1, 0.15) is 16.0 Å². The number of nitrogens with one attached hydrogen (secondary N) is 1. The maximum atomic E-state index is 13.8. The van der Waals surface area contributed by atoms with Gasteiger partial charge in [0.15, 0.2) is 0 Å². The first-order valence-electron chi connectivity index (χ1n) is 11.1. The number of ether oxygens (including phenoxy) is 1. The second-order valence-corrected chi connectivity index (χ2v) is 10.4. The minimum atomic E-state index is -0.813. The Kier molecular flexibility index (Phi) is 7.49. The lowest BCUT2D eigenvalue weighted by Gasteiger charge is -2.50. The van der Waals surface area contributed by atoms with Gasteiger partial charge in [-0.15, -0.1) is 0 Å². The lowest BCUT2D eigenvalue weighted by molar-refractivity contribution is -0.148. The van der Waals surface area contributed by atoms with E-state index in [1.807, 2.05) is 18.2 Å². The molecule has 0 atom stereocenters. The average Bonchev–Trinajstić information content (AvgIpc) is 2.74. The summed E-state index contributed by atoms with van der Waals surface area (Å²) in [6, 6.07) is 9.79. The molecule has 8 heteroatoms. The topological polar surface area (TPSA) is 91.8 Å². The van der Waals surface area contributed by atoms with Gasteiger partial charge in [-0.1, -0.05) is 38.1 Å². The number of nitrogens with zero attached hydrogens (tertiary/aromatic N) is 2. The molecule has 0 unspecified atom stereocenters. The van der Waals surface area contributed by atoms with Crippen LogP contribution in [0, 0.1) is 5.41 Å². The molecular formula is C25H32BrN3O4. The van der Waals surface area contributed by atoms with Gasteiger partial charge in [-0.25, -0.2) is 4.98 Å². The van der Waals surface area contributed by atoms with E-state index in [0.717, 1.165) is 11.1 Å². The molecule has 2 heterocycles. The van der Waals surface area contributed by atoms with Crippen molar-refractivity contribution in [3.63, 3.8) is 0 Å². The molecule has 1 aromatic heterocycles. The normalized spacial score (nSPS) is 15.7. The predicted molar refractivity (Wildman–Crippen MR) is 132 cm³/mol. The summed E-state index contributed by atoms with van der Waals surface area (Å²) in [4.78, 5) is 31.7. The molecule has 1 aliphatic rings. The SMILES string of the molecule is COc1cc(Br)ncc1NC(=O)C1(c2ccccc2C(C)C)CN(CCC(C)(C)C(=O)O)C1. The van der Waals surface area contributed by atoms with Crippen LogP contribution in [0.2, 0.25) is 0 Å². The zero-order chi connectivity index (χ0) is 24.4. The van der Waals surface area contributed by atoms with E-state index in [2.05, 4.69) is 51.0 Å². The third-order valence-electron chi connectivity index (χ3n) is 6.45. The van der Waals surface area contributed by atoms with Crippen molar-refractivity contribution in [2.24, 2.45) is 5.41 Å². The van der Waals surface area contributed by atoms with Gasteiger partial charge in [0.05, 0.1) is 24.1 Å². The van der Waals surface area contributed by atoms with E-state index in [9.17, 15) is 14.7 Å². The Morgan fingerprint density at radius 2 is 1.97 bits per heavy atom. The molecule has 1 aliphatic heterocycles. The van der Waals surface area contributed by atoms with E-state index >= 15 is 0 Å². The van der Waals surface area contributed by atoms with E-state index in [0.29, 0.717) is 42.1 Å². The monoisotopic (exact) mass is 517 g/mol. The van der Waals surface area contributed by atoms with Crippen molar-refractivity contribution in [3.8, 4) is 5.75 Å². The lowest BCUT2D eigenvalue weighted by atomic mass is 9.69. The van der Waals surface area contributed by atoms with E-state index in [-0.39, 0.29) is 11.8 Å². The molecule has 0 spiro atoms. The minimum Gasteiger partial charge on any atom is -0.494 e. The van der Waals surface area contributed by atoms with Crippen LogP contribution in [0.4, 0.5) is 5.69 Å². The number of aromatic nitrogens is 1. The Bertz CT molecular complexity index is 1030. The standard InChI is InChI=1S/C25H32BrN3O4/c1-16(2)17-8-6-7-9-18(17)25(14-29(15-25)11-10-24(3,4)23(31)32)22(30)28-19-13-27-21(26)12-20(19)33-5/h6-9,12-13,16H,10-11,14-15H2,1-5H3,(H,28,30)(H,31,32). The van der Waals surface area contributed by atoms with Crippen LogP contribution >= 0.6 is 15.9 Å². The Morgan fingerprint density at radius 3 is 2.58 bits per heavy atom. The van der Waals surface area contributed by atoms with Crippen LogP contribution in [-0.2, 0) is 15.0 Å². The number of rotatable bonds is 9. The molecule has 178 valence electrons. The van der Waals surface area contributed by atoms with Gasteiger partial charge in [-0.2, -0.15) is 0 Å². The van der Waals surface area contributed by atoms with Gasteiger partial charge in [0, 0.05) is 19.2 Å². The summed E-state index contributed by atoms with van der Waals surface area (Å²) in [6.45, 7) is 9.36. The minimum absolute atomic E-state index is 0.119. The Labute approximate surface area is 203 Å². The number of hydrogen-bond donors (Lipinski definition) is 2. The summed E-state index contributed by atoms with van der Waals surface area (Å²) >= 11 is 3.33. The second-order valence-electron chi connectivity index (χ2n) is 9.64. The molecule has 33 heavy (non-hydrogen) atoms. The molecular weight excluding hydrogens is 486 g/mol. The van der Waals surface area contributed by atoms with Crippen molar-refractivity contribution in [3.05, 3.63) is 52.3 Å². The lowest BCUT2D eigenvalue weighted by Crippen LogP contribution is -2.65. The van der Waals surface area contributed by atoms with Gasteiger partial charge in [0.2, 0.25) is 5.91 Å². The largest absolute Gasteiger partial charge is 0.494 e. The molecule has 1 aromatic carbocycles. The fourth-order valence-corrected chi connectivity index (χ4v) is 4.52. The Balaban J connectivity index is 1.90. The number of hydrogen-bond acceptors (Lipinski definition) is 5. The third kappa shape index (κ3) is 5.22. The van der Waals surface area contributed by atoms with Gasteiger partial charge in [0.25, 0.3) is 0 Å². The number of carboxylic acids is 1. The van der Waals surface area contributed by atoms with Crippen LogP contribution in [0.25, 0.3) is 0 Å². The molecule has 7 nitrogen and oxygen atoms in total. The number of aliphatic carboxylic acids is 1. The van der Waals surface area contributed by atoms with Gasteiger partial charge in [-0.05, 0) is 59.8 Å². The Hall–Kier alpha value is -2.45. The highest BCUT2D eigenvalue weighted by atomic mass is 79.9. The molecule has 1 fully saturated rings. The van der Waals surface area contributed by atoms with Crippen LogP contribution < -0.4 is 10.1 Å². The maximum absolute atomic E-state index is 13.8. The van der Waals surface area contributed by atoms with E-state index in [1.165, 1.54) is 0 Å². The number of amides is 1. The van der Waals surface area contributed by atoms with Crippen LogP contribution in [0.5, 0.6) is 5.75 Å². The van der Waals surface area contributed by atoms with Crippen LogP contribution in [0.3, 0.4) is 0 Å². The zero-order valence-electron chi connectivity index (χ0n) is 19.8. The number of benzene rings is 1. The van der Waals surface area contributed by atoms with Crippen molar-refractivity contribution >= 4 is 33.5 Å². The van der Waals surface area contributed by atoms with E-state index in [4.69, 9.17) is 4.74 Å². The number of halogens is 1. The van der Waals surface area contributed by atoms with Crippen LogP contribution in [0.15, 0.2) is 41.1 Å². The van der Waals surface area contributed by atoms with Gasteiger partial charge < -0.3 is 20.1 Å². The molecule has 0 saturated carbocycles. The number of pyridine rings is 1. The van der Waals surface area contributed by atoms with Crippen molar-refractivity contribution < 1.29 is 19.4 Å². The summed E-state index contributed by atoms with van der Waals surface area (Å²) in [5.41, 5.74) is 1.10. The molecule has 0 aliphatic carbocycles. The number of methoxy groups -OCH3 is 1. The van der Waals surface area contributed by atoms with E-state index < -0.39 is 16.8 Å². The smallest absolute Gasteiger partial charge is 0.309 e. The second kappa shape index (κ2) is 9.81. The van der Waals surface area contributed by atoms with Gasteiger partial charge >= 0.3 is 5.97 Å². The third-order valence-corrected chi connectivity index (χ3v) is 6.89. The first-order chi connectivity index (χ1) is 15.5. The number of carbonyl (C=O) groups excluding carboxylic acids is 1. The highest BCUT2D eigenvalue weighted by Gasteiger charge is 2.52. The highest BCUT2D eigenvalue weighted by molar-refractivity contribution is 9.10. The summed E-state index contributed by atoms with van der Waals surface area (Å²) in [7, 11) is 1.55. The molecule has 1 amide bonds. The van der Waals surface area contributed by atoms with Crippen LogP contribution in [-0.4, -0.2) is 53.6 Å². The highest BCUT2D eigenvalue weighted by Crippen LogP contribution is 2.41. The molecule has 2 N–H and O–H groups in total. The first-order valence-corrected chi connectivity index (χ1v) is 11.9. The van der Waals surface area contributed by atoms with Crippen molar-refractivity contribution in [2.45, 2.75) is 45.4 Å². The zero-order valence-corrected chi connectivity index (χ0v) is 21.4.